The van der Waals surface area contributed by atoms with Crippen LogP contribution in [-0.2, 0) is 13.0 Å². The Morgan fingerprint density at radius 1 is 1.19 bits per heavy atom. The van der Waals surface area contributed by atoms with Crippen molar-refractivity contribution < 1.29 is 14.6 Å². The summed E-state index contributed by atoms with van der Waals surface area (Å²) in [6.07, 6.45) is 3.97. The predicted molar refractivity (Wildman–Crippen MR) is 96.3 cm³/mol. The highest BCUT2D eigenvalue weighted by atomic mass is 16.5. The van der Waals surface area contributed by atoms with Gasteiger partial charge >= 0.3 is 0 Å². The minimum Gasteiger partial charge on any atom is -0.493 e. The van der Waals surface area contributed by atoms with Gasteiger partial charge in [-0.1, -0.05) is 6.07 Å². The van der Waals surface area contributed by atoms with Crippen molar-refractivity contribution in [1.29, 1.82) is 0 Å². The molecule has 0 fully saturated rings. The highest BCUT2D eigenvalue weighted by Gasteiger charge is 2.20. The minimum absolute atomic E-state index is 0.326. The van der Waals surface area contributed by atoms with E-state index in [1.54, 1.807) is 45.1 Å². The molecule has 2 N–H and O–H groups in total. The number of aromatic amines is 1. The molecule has 0 aliphatic rings. The van der Waals surface area contributed by atoms with Gasteiger partial charge in [0.1, 0.15) is 0 Å². The van der Waals surface area contributed by atoms with Gasteiger partial charge in [0.15, 0.2) is 23.1 Å². The zero-order valence-electron chi connectivity index (χ0n) is 15.4. The fourth-order valence-corrected chi connectivity index (χ4v) is 2.70. The number of ether oxygens (including phenoxy) is 2. The number of nitrogens with zero attached hydrogens (tertiary/aromatic N) is 4. The summed E-state index contributed by atoms with van der Waals surface area (Å²) in [4.78, 5) is 4.64. The summed E-state index contributed by atoms with van der Waals surface area (Å²) in [6, 6.07) is 5.72. The van der Waals surface area contributed by atoms with Gasteiger partial charge in [-0.2, -0.15) is 10.2 Å². The number of methoxy groups -OCH3 is 2. The van der Waals surface area contributed by atoms with Crippen molar-refractivity contribution in [2.45, 2.75) is 32.4 Å². The molecule has 0 radical (unpaired) electrons. The standard InChI is InChI=1S/C18H23N5O3/c1-18(2,24)11-23-17(13-9-19-20-10-13)21-16(22-23)8-12-5-6-14(25-3)15(7-12)26-4/h5-7,9-10,24H,8,11H2,1-4H3,(H,19,20). The van der Waals surface area contributed by atoms with Crippen molar-refractivity contribution in [3.8, 4) is 22.9 Å². The third-order valence-electron chi connectivity index (χ3n) is 3.82. The highest BCUT2D eigenvalue weighted by molar-refractivity contribution is 5.52. The van der Waals surface area contributed by atoms with E-state index in [2.05, 4.69) is 20.3 Å². The maximum absolute atomic E-state index is 10.2. The lowest BCUT2D eigenvalue weighted by molar-refractivity contribution is 0.0581. The molecule has 2 aromatic heterocycles. The molecule has 26 heavy (non-hydrogen) atoms. The number of aromatic nitrogens is 5. The van der Waals surface area contributed by atoms with Gasteiger partial charge in [0.05, 0.1) is 38.1 Å². The Bertz CT molecular complexity index is 866. The van der Waals surface area contributed by atoms with E-state index in [-0.39, 0.29) is 0 Å². The maximum atomic E-state index is 10.2. The number of hydrogen-bond donors (Lipinski definition) is 2. The number of H-pyrrole nitrogens is 1. The Morgan fingerprint density at radius 2 is 1.96 bits per heavy atom. The van der Waals surface area contributed by atoms with Crippen molar-refractivity contribution in [1.82, 2.24) is 25.0 Å². The van der Waals surface area contributed by atoms with Crippen LogP contribution in [0.2, 0.25) is 0 Å². The van der Waals surface area contributed by atoms with Crippen LogP contribution in [0.4, 0.5) is 0 Å². The van der Waals surface area contributed by atoms with Crippen molar-refractivity contribution in [2.75, 3.05) is 14.2 Å². The average Bonchev–Trinajstić information content (AvgIpc) is 3.23. The largest absolute Gasteiger partial charge is 0.493 e. The number of benzene rings is 1. The molecule has 2 heterocycles. The SMILES string of the molecule is COc1ccc(Cc2nc(-c3cn[nH]c3)n(CC(C)(C)O)n2)cc1OC. The summed E-state index contributed by atoms with van der Waals surface area (Å²) in [6.45, 7) is 3.80. The third kappa shape index (κ3) is 4.02. The Morgan fingerprint density at radius 3 is 2.58 bits per heavy atom. The third-order valence-corrected chi connectivity index (χ3v) is 3.82. The molecule has 0 atom stereocenters. The van der Waals surface area contributed by atoms with Gasteiger partial charge in [-0.05, 0) is 31.5 Å². The molecular formula is C18H23N5O3. The quantitative estimate of drug-likeness (QED) is 0.671. The summed E-state index contributed by atoms with van der Waals surface area (Å²) in [5.74, 6) is 2.65. The zero-order chi connectivity index (χ0) is 18.7. The van der Waals surface area contributed by atoms with Crippen molar-refractivity contribution in [3.63, 3.8) is 0 Å². The summed E-state index contributed by atoms with van der Waals surface area (Å²) < 4.78 is 12.3. The lowest BCUT2D eigenvalue weighted by atomic mass is 10.1. The summed E-state index contributed by atoms with van der Waals surface area (Å²) in [5, 5.41) is 21.5. The Labute approximate surface area is 151 Å². The topological polar surface area (TPSA) is 98.1 Å². The fourth-order valence-electron chi connectivity index (χ4n) is 2.70. The molecule has 0 aliphatic carbocycles. The summed E-state index contributed by atoms with van der Waals surface area (Å²) in [7, 11) is 3.21. The second-order valence-corrected chi connectivity index (χ2v) is 6.67. The molecule has 8 nitrogen and oxygen atoms in total. The predicted octanol–water partition coefficient (Wildman–Crippen LogP) is 2.05. The maximum Gasteiger partial charge on any atom is 0.161 e. The van der Waals surface area contributed by atoms with Crippen LogP contribution in [0.15, 0.2) is 30.6 Å². The average molecular weight is 357 g/mol. The number of hydrogen-bond acceptors (Lipinski definition) is 6. The second-order valence-electron chi connectivity index (χ2n) is 6.67. The van der Waals surface area contributed by atoms with Gasteiger partial charge in [0.25, 0.3) is 0 Å². The van der Waals surface area contributed by atoms with E-state index >= 15 is 0 Å². The minimum atomic E-state index is -0.910. The summed E-state index contributed by atoms with van der Waals surface area (Å²) in [5.41, 5.74) is 0.911. The van der Waals surface area contributed by atoms with E-state index in [0.29, 0.717) is 36.1 Å². The molecule has 3 aromatic rings. The lowest BCUT2D eigenvalue weighted by Gasteiger charge is -2.17. The van der Waals surface area contributed by atoms with Crippen LogP contribution in [0.1, 0.15) is 25.2 Å². The first-order valence-corrected chi connectivity index (χ1v) is 8.26. The van der Waals surface area contributed by atoms with E-state index in [1.165, 1.54) is 0 Å². The number of aliphatic hydroxyl groups is 1. The Kier molecular flexibility index (Phi) is 4.94. The van der Waals surface area contributed by atoms with Crippen LogP contribution in [0.3, 0.4) is 0 Å². The van der Waals surface area contributed by atoms with Crippen LogP contribution >= 0.6 is 0 Å². The van der Waals surface area contributed by atoms with Gasteiger partial charge in [-0.3, -0.25) is 5.10 Å². The first kappa shape index (κ1) is 17.9. The molecule has 0 saturated heterocycles. The first-order valence-electron chi connectivity index (χ1n) is 8.26. The fraction of sp³-hybridized carbons (Fsp3) is 0.389. The molecule has 138 valence electrons. The van der Waals surface area contributed by atoms with Gasteiger partial charge < -0.3 is 14.6 Å². The molecule has 0 bridgehead atoms. The molecule has 1 aromatic carbocycles. The second kappa shape index (κ2) is 7.17. The van der Waals surface area contributed by atoms with E-state index < -0.39 is 5.60 Å². The zero-order valence-corrected chi connectivity index (χ0v) is 15.4. The van der Waals surface area contributed by atoms with E-state index in [4.69, 9.17) is 9.47 Å². The van der Waals surface area contributed by atoms with Crippen LogP contribution in [0.25, 0.3) is 11.4 Å². The number of rotatable bonds is 7. The van der Waals surface area contributed by atoms with Crippen molar-refractivity contribution in [2.24, 2.45) is 0 Å². The number of nitrogens with one attached hydrogen (secondary N) is 1. The molecule has 0 saturated carbocycles. The van der Waals surface area contributed by atoms with E-state index in [1.807, 2.05) is 18.2 Å². The van der Waals surface area contributed by atoms with Crippen LogP contribution < -0.4 is 9.47 Å². The van der Waals surface area contributed by atoms with Gasteiger partial charge in [0.2, 0.25) is 0 Å². The van der Waals surface area contributed by atoms with Crippen LogP contribution in [-0.4, -0.2) is 49.9 Å². The molecule has 0 aliphatic heterocycles. The molecule has 0 amide bonds. The molecule has 0 unspecified atom stereocenters. The Balaban J connectivity index is 1.92. The lowest BCUT2D eigenvalue weighted by Crippen LogP contribution is -2.27. The van der Waals surface area contributed by atoms with Crippen LogP contribution in [0.5, 0.6) is 11.5 Å². The van der Waals surface area contributed by atoms with Crippen LogP contribution in [0, 0.1) is 0 Å². The van der Waals surface area contributed by atoms with Gasteiger partial charge in [-0.25, -0.2) is 9.67 Å². The molecule has 3 rings (SSSR count). The van der Waals surface area contributed by atoms with Crippen molar-refractivity contribution >= 4 is 0 Å². The Hall–Kier alpha value is -2.87. The van der Waals surface area contributed by atoms with Gasteiger partial charge in [-0.15, -0.1) is 0 Å². The molecule has 0 spiro atoms. The monoisotopic (exact) mass is 357 g/mol. The summed E-state index contributed by atoms with van der Waals surface area (Å²) >= 11 is 0. The van der Waals surface area contributed by atoms with Crippen molar-refractivity contribution in [3.05, 3.63) is 42.0 Å². The highest BCUT2D eigenvalue weighted by Crippen LogP contribution is 2.28. The molecule has 8 heteroatoms. The molecular weight excluding hydrogens is 334 g/mol. The van der Waals surface area contributed by atoms with Gasteiger partial charge in [0, 0.05) is 12.6 Å². The smallest absolute Gasteiger partial charge is 0.161 e. The van der Waals surface area contributed by atoms with E-state index in [9.17, 15) is 5.11 Å². The first-order chi connectivity index (χ1) is 12.4. The van der Waals surface area contributed by atoms with E-state index in [0.717, 1.165) is 11.1 Å². The normalized spacial score (nSPS) is 11.6.